The molecule has 0 saturated carbocycles. The van der Waals surface area contributed by atoms with Crippen LogP contribution in [0.15, 0.2) is 42.7 Å². The molecule has 0 amide bonds. The second-order valence-corrected chi connectivity index (χ2v) is 5.58. The lowest BCUT2D eigenvalue weighted by molar-refractivity contribution is -0.110. The first-order valence-corrected chi connectivity index (χ1v) is 8.11. The zero-order valence-electron chi connectivity index (χ0n) is 14.1. The Labute approximate surface area is 145 Å². The molecule has 2 aromatic heterocycles. The van der Waals surface area contributed by atoms with Crippen LogP contribution in [0.25, 0.3) is 16.7 Å². The molecule has 1 unspecified atom stereocenters. The standard InChI is InChI=1S/C18H21N5O2/c1-25-16(6-11-24)14-2-3-15-13(12-14)5-10-23(15)17-4-8-20-18(22-17)21-9-7-19/h2-5,8,10-12,16H,6-7,9,19H2,1H3,(H,20,21,22). The predicted octanol–water partition coefficient (Wildman–Crippen LogP) is 2.07. The summed E-state index contributed by atoms with van der Waals surface area (Å²) in [6, 6.07) is 9.90. The molecule has 0 aliphatic rings. The highest BCUT2D eigenvalue weighted by atomic mass is 16.5. The van der Waals surface area contributed by atoms with Crippen LogP contribution < -0.4 is 11.1 Å². The highest BCUT2D eigenvalue weighted by molar-refractivity contribution is 5.82. The Kier molecular flexibility index (Phi) is 5.37. The summed E-state index contributed by atoms with van der Waals surface area (Å²) in [4.78, 5) is 19.5. The van der Waals surface area contributed by atoms with E-state index in [0.717, 1.165) is 28.6 Å². The molecule has 2 heterocycles. The smallest absolute Gasteiger partial charge is 0.224 e. The minimum atomic E-state index is -0.226. The summed E-state index contributed by atoms with van der Waals surface area (Å²) in [5.41, 5.74) is 7.50. The van der Waals surface area contributed by atoms with Crippen LogP contribution in [0.4, 0.5) is 5.95 Å². The van der Waals surface area contributed by atoms with Gasteiger partial charge in [0.05, 0.1) is 11.6 Å². The fourth-order valence-corrected chi connectivity index (χ4v) is 2.77. The fourth-order valence-electron chi connectivity index (χ4n) is 2.77. The molecule has 3 aromatic rings. The highest BCUT2D eigenvalue weighted by Gasteiger charge is 2.12. The Morgan fingerprint density at radius 1 is 1.36 bits per heavy atom. The fraction of sp³-hybridized carbons (Fsp3) is 0.278. The van der Waals surface area contributed by atoms with Crippen molar-refractivity contribution in [2.45, 2.75) is 12.5 Å². The summed E-state index contributed by atoms with van der Waals surface area (Å²) in [5, 5.41) is 4.14. The van der Waals surface area contributed by atoms with E-state index >= 15 is 0 Å². The summed E-state index contributed by atoms with van der Waals surface area (Å²) in [6.45, 7) is 1.14. The van der Waals surface area contributed by atoms with E-state index in [-0.39, 0.29) is 6.10 Å². The molecule has 130 valence electrons. The third-order valence-electron chi connectivity index (χ3n) is 4.00. The summed E-state index contributed by atoms with van der Waals surface area (Å²) >= 11 is 0. The number of carbonyl (C=O) groups is 1. The molecule has 0 saturated heterocycles. The molecule has 0 spiro atoms. The maximum absolute atomic E-state index is 10.8. The van der Waals surface area contributed by atoms with E-state index in [9.17, 15) is 4.79 Å². The molecule has 3 N–H and O–H groups in total. The number of benzene rings is 1. The minimum absolute atomic E-state index is 0.226. The number of rotatable bonds is 8. The normalized spacial score (nSPS) is 12.2. The maximum atomic E-state index is 10.8. The van der Waals surface area contributed by atoms with Gasteiger partial charge in [-0.25, -0.2) is 4.98 Å². The van der Waals surface area contributed by atoms with Crippen molar-refractivity contribution in [1.82, 2.24) is 14.5 Å². The van der Waals surface area contributed by atoms with Gasteiger partial charge in [-0.05, 0) is 29.8 Å². The number of fused-ring (bicyclic) bond motifs is 1. The second-order valence-electron chi connectivity index (χ2n) is 5.58. The van der Waals surface area contributed by atoms with Gasteiger partial charge in [-0.1, -0.05) is 6.07 Å². The van der Waals surface area contributed by atoms with Crippen molar-refractivity contribution >= 4 is 23.1 Å². The largest absolute Gasteiger partial charge is 0.376 e. The van der Waals surface area contributed by atoms with Crippen molar-refractivity contribution < 1.29 is 9.53 Å². The van der Waals surface area contributed by atoms with Crippen LogP contribution in [0, 0.1) is 0 Å². The first kappa shape index (κ1) is 17.1. The van der Waals surface area contributed by atoms with Crippen LogP contribution in [0.3, 0.4) is 0 Å². The molecule has 25 heavy (non-hydrogen) atoms. The Morgan fingerprint density at radius 3 is 3.00 bits per heavy atom. The average Bonchev–Trinajstić information content (AvgIpc) is 3.08. The van der Waals surface area contributed by atoms with Gasteiger partial charge in [-0.3, -0.25) is 0 Å². The van der Waals surface area contributed by atoms with Crippen molar-refractivity contribution in [2.75, 3.05) is 25.5 Å². The van der Waals surface area contributed by atoms with Gasteiger partial charge in [0.1, 0.15) is 12.1 Å². The molecule has 0 fully saturated rings. The molecule has 7 heteroatoms. The minimum Gasteiger partial charge on any atom is -0.376 e. The zero-order chi connectivity index (χ0) is 17.6. The van der Waals surface area contributed by atoms with Crippen LogP contribution in [0.2, 0.25) is 0 Å². The van der Waals surface area contributed by atoms with Crippen LogP contribution in [0.5, 0.6) is 0 Å². The van der Waals surface area contributed by atoms with E-state index in [1.54, 1.807) is 13.3 Å². The Bertz CT molecular complexity index is 862. The maximum Gasteiger partial charge on any atom is 0.224 e. The summed E-state index contributed by atoms with van der Waals surface area (Å²) in [6.07, 6.45) is 4.67. The van der Waals surface area contributed by atoms with E-state index in [0.29, 0.717) is 25.5 Å². The SMILES string of the molecule is COC(CC=O)c1ccc2c(ccn2-c2ccnc(NCCN)n2)c1. The molecule has 0 radical (unpaired) electrons. The van der Waals surface area contributed by atoms with Crippen LogP contribution in [0.1, 0.15) is 18.1 Å². The predicted molar refractivity (Wildman–Crippen MR) is 96.8 cm³/mol. The molecular weight excluding hydrogens is 318 g/mol. The van der Waals surface area contributed by atoms with Crippen LogP contribution in [-0.4, -0.2) is 41.0 Å². The Hall–Kier alpha value is -2.77. The molecule has 7 nitrogen and oxygen atoms in total. The summed E-state index contributed by atoms with van der Waals surface area (Å²) < 4.78 is 7.39. The third-order valence-corrected chi connectivity index (χ3v) is 4.00. The summed E-state index contributed by atoms with van der Waals surface area (Å²) in [7, 11) is 1.61. The van der Waals surface area contributed by atoms with E-state index in [1.807, 2.05) is 41.1 Å². The van der Waals surface area contributed by atoms with Gasteiger partial charge in [0, 0.05) is 44.4 Å². The molecule has 0 aliphatic heterocycles. The van der Waals surface area contributed by atoms with E-state index in [4.69, 9.17) is 10.5 Å². The van der Waals surface area contributed by atoms with Gasteiger partial charge >= 0.3 is 0 Å². The van der Waals surface area contributed by atoms with E-state index in [1.165, 1.54) is 0 Å². The van der Waals surface area contributed by atoms with E-state index in [2.05, 4.69) is 15.3 Å². The zero-order valence-corrected chi connectivity index (χ0v) is 14.1. The summed E-state index contributed by atoms with van der Waals surface area (Å²) in [5.74, 6) is 1.32. The molecule has 0 bridgehead atoms. The van der Waals surface area contributed by atoms with Gasteiger partial charge < -0.3 is 25.1 Å². The number of hydrogen-bond donors (Lipinski definition) is 2. The number of anilines is 1. The number of ether oxygens (including phenoxy) is 1. The van der Waals surface area contributed by atoms with Crippen molar-refractivity contribution in [3.63, 3.8) is 0 Å². The number of hydrogen-bond acceptors (Lipinski definition) is 6. The quantitative estimate of drug-likeness (QED) is 0.610. The lowest BCUT2D eigenvalue weighted by Gasteiger charge is -2.13. The number of aldehydes is 1. The number of carbonyl (C=O) groups excluding carboxylic acids is 1. The number of nitrogens with one attached hydrogen (secondary N) is 1. The first-order chi connectivity index (χ1) is 12.3. The lowest BCUT2D eigenvalue weighted by Crippen LogP contribution is -2.15. The van der Waals surface area contributed by atoms with Crippen LogP contribution in [-0.2, 0) is 9.53 Å². The molecule has 1 aromatic carbocycles. The molecule has 0 aliphatic carbocycles. The Balaban J connectivity index is 1.94. The second kappa shape index (κ2) is 7.87. The number of methoxy groups -OCH3 is 1. The average molecular weight is 339 g/mol. The molecule has 3 rings (SSSR count). The van der Waals surface area contributed by atoms with Crippen molar-refractivity contribution in [3.05, 3.63) is 48.3 Å². The molecular formula is C18H21N5O2. The lowest BCUT2D eigenvalue weighted by atomic mass is 10.1. The van der Waals surface area contributed by atoms with Crippen molar-refractivity contribution in [3.8, 4) is 5.82 Å². The number of nitrogens with two attached hydrogens (primary N) is 1. The van der Waals surface area contributed by atoms with E-state index < -0.39 is 0 Å². The van der Waals surface area contributed by atoms with Gasteiger partial charge in [0.2, 0.25) is 5.95 Å². The number of nitrogens with zero attached hydrogens (tertiary/aromatic N) is 3. The van der Waals surface area contributed by atoms with Gasteiger partial charge in [-0.15, -0.1) is 0 Å². The highest BCUT2D eigenvalue weighted by Crippen LogP contribution is 2.26. The third kappa shape index (κ3) is 3.67. The topological polar surface area (TPSA) is 95.1 Å². The number of aromatic nitrogens is 3. The molecule has 1 atom stereocenters. The van der Waals surface area contributed by atoms with Gasteiger partial charge in [0.15, 0.2) is 0 Å². The monoisotopic (exact) mass is 339 g/mol. The Morgan fingerprint density at radius 2 is 2.24 bits per heavy atom. The van der Waals surface area contributed by atoms with Crippen molar-refractivity contribution in [1.29, 1.82) is 0 Å². The first-order valence-electron chi connectivity index (χ1n) is 8.11. The van der Waals surface area contributed by atoms with Gasteiger partial charge in [0.25, 0.3) is 0 Å². The van der Waals surface area contributed by atoms with Gasteiger partial charge in [-0.2, -0.15) is 4.98 Å². The van der Waals surface area contributed by atoms with Crippen LogP contribution >= 0.6 is 0 Å². The van der Waals surface area contributed by atoms with Crippen molar-refractivity contribution in [2.24, 2.45) is 5.73 Å².